The standard InChI is InChI=1S/C36H36FN3O5.ClH/c1-23-6-11-32(44-17-13-38)30(18-23)36(42)40-15-12-25-21-28-8-9-29(25)35(40)26-4-2-5-27(22-26)43-16-3-14-39-34(41)20-24-7-10-31(37)33(19-24)45-28;/h2,4-11,18-19,21-22,35H,3,12-17,20,38H2,1H3,(H,39,41);1H. The van der Waals surface area contributed by atoms with E-state index >= 15 is 0 Å². The Kier molecular flexibility index (Phi) is 10.4. The van der Waals surface area contributed by atoms with Gasteiger partial charge < -0.3 is 30.2 Å². The Labute approximate surface area is 274 Å². The van der Waals surface area contributed by atoms with Gasteiger partial charge in [0.25, 0.3) is 5.91 Å². The number of nitrogens with one attached hydrogen (secondary N) is 1. The number of amides is 2. The quantitative estimate of drug-likeness (QED) is 0.286. The van der Waals surface area contributed by atoms with Crippen molar-refractivity contribution in [3.63, 3.8) is 0 Å². The molecule has 3 N–H and O–H groups in total. The molecule has 3 aliphatic rings. The number of nitrogens with zero attached hydrogens (tertiary/aromatic N) is 1. The van der Waals surface area contributed by atoms with Gasteiger partial charge in [-0.2, -0.15) is 0 Å². The van der Waals surface area contributed by atoms with Gasteiger partial charge in [-0.1, -0.05) is 35.9 Å². The van der Waals surface area contributed by atoms with E-state index in [9.17, 15) is 14.0 Å². The lowest BCUT2D eigenvalue weighted by molar-refractivity contribution is -0.120. The number of rotatable bonds is 4. The van der Waals surface area contributed by atoms with Crippen molar-refractivity contribution in [1.82, 2.24) is 10.2 Å². The summed E-state index contributed by atoms with van der Waals surface area (Å²) < 4.78 is 32.8. The fourth-order valence-electron chi connectivity index (χ4n) is 5.88. The summed E-state index contributed by atoms with van der Waals surface area (Å²) in [6.07, 6.45) is 1.28. The molecule has 10 heteroatoms. The van der Waals surface area contributed by atoms with E-state index in [1.54, 1.807) is 18.2 Å². The zero-order chi connectivity index (χ0) is 31.3. The number of aryl methyl sites for hydroxylation is 1. The van der Waals surface area contributed by atoms with Crippen LogP contribution in [0.2, 0.25) is 0 Å². The van der Waals surface area contributed by atoms with Crippen molar-refractivity contribution in [2.75, 3.05) is 32.8 Å². The van der Waals surface area contributed by atoms with E-state index in [0.29, 0.717) is 74.1 Å². The molecule has 7 rings (SSSR count). The molecule has 4 aromatic carbocycles. The normalized spacial score (nSPS) is 16.0. The van der Waals surface area contributed by atoms with Crippen LogP contribution in [0, 0.1) is 12.7 Å². The van der Waals surface area contributed by atoms with Gasteiger partial charge in [0.15, 0.2) is 11.6 Å². The Morgan fingerprint density at radius 1 is 1.07 bits per heavy atom. The lowest BCUT2D eigenvalue weighted by atomic mass is 9.87. The minimum Gasteiger partial charge on any atom is -0.494 e. The largest absolute Gasteiger partial charge is 0.494 e. The zero-order valence-electron chi connectivity index (χ0n) is 25.6. The monoisotopic (exact) mass is 645 g/mol. The number of fused-ring (bicyclic) bond motifs is 7. The van der Waals surface area contributed by atoms with Crippen molar-refractivity contribution in [1.29, 1.82) is 0 Å². The topological polar surface area (TPSA) is 103 Å². The number of halogens is 2. The molecule has 0 saturated carbocycles. The molecule has 3 aliphatic heterocycles. The fraction of sp³-hybridized carbons (Fsp3) is 0.278. The molecular formula is C36H37ClFN3O5. The molecule has 0 spiro atoms. The number of nitrogens with two attached hydrogens (primary N) is 1. The number of ether oxygens (including phenoxy) is 3. The van der Waals surface area contributed by atoms with Crippen LogP contribution in [0.25, 0.3) is 0 Å². The number of hydrogen-bond donors (Lipinski definition) is 2. The Bertz CT molecular complexity index is 1730. The lowest BCUT2D eigenvalue weighted by Gasteiger charge is -2.38. The maximum atomic E-state index is 14.8. The van der Waals surface area contributed by atoms with Crippen LogP contribution in [0.1, 0.15) is 50.6 Å². The number of carbonyl (C=O) groups is 2. The Hall–Kier alpha value is -4.60. The SMILES string of the molecule is Cc1ccc(OCCN)c(C(=O)N2CCc3cc4ccc3C2c2cccc(c2)OCCCNC(=O)Cc2ccc(F)c(c2)O4)c1.Cl. The predicted octanol–water partition coefficient (Wildman–Crippen LogP) is 5.91. The van der Waals surface area contributed by atoms with Crippen LogP contribution < -0.4 is 25.3 Å². The first-order chi connectivity index (χ1) is 21.9. The van der Waals surface area contributed by atoms with Crippen LogP contribution in [0.4, 0.5) is 4.39 Å². The average Bonchev–Trinajstić information content (AvgIpc) is 3.04. The molecular weight excluding hydrogens is 609 g/mol. The van der Waals surface area contributed by atoms with E-state index in [1.807, 2.05) is 66.4 Å². The van der Waals surface area contributed by atoms with Crippen LogP contribution in [0.15, 0.2) is 78.9 Å². The van der Waals surface area contributed by atoms with Gasteiger partial charge in [-0.05, 0) is 90.6 Å². The van der Waals surface area contributed by atoms with E-state index in [1.165, 1.54) is 6.07 Å². The first-order valence-electron chi connectivity index (χ1n) is 15.2. The minimum atomic E-state index is -0.516. The van der Waals surface area contributed by atoms with Crippen molar-refractivity contribution in [3.05, 3.63) is 118 Å². The molecule has 0 radical (unpaired) electrons. The summed E-state index contributed by atoms with van der Waals surface area (Å²) in [6, 6.07) is 23.0. The fourth-order valence-corrected chi connectivity index (χ4v) is 5.88. The second-order valence-corrected chi connectivity index (χ2v) is 11.3. The number of carbonyl (C=O) groups excluding carboxylic acids is 2. The molecule has 0 aliphatic carbocycles. The summed E-state index contributed by atoms with van der Waals surface area (Å²) in [7, 11) is 0. The predicted molar refractivity (Wildman–Crippen MR) is 176 cm³/mol. The van der Waals surface area contributed by atoms with E-state index in [0.717, 1.165) is 22.3 Å². The van der Waals surface area contributed by atoms with E-state index in [-0.39, 0.29) is 36.4 Å². The molecule has 2 amide bonds. The van der Waals surface area contributed by atoms with Gasteiger partial charge in [0.2, 0.25) is 5.91 Å². The van der Waals surface area contributed by atoms with Crippen molar-refractivity contribution in [3.8, 4) is 23.0 Å². The van der Waals surface area contributed by atoms with Gasteiger partial charge in [0.05, 0.1) is 24.6 Å². The summed E-state index contributed by atoms with van der Waals surface area (Å²) in [5, 5.41) is 2.89. The van der Waals surface area contributed by atoms with Crippen molar-refractivity contribution >= 4 is 24.2 Å². The Morgan fingerprint density at radius 3 is 2.78 bits per heavy atom. The van der Waals surface area contributed by atoms with Crippen LogP contribution in [-0.4, -0.2) is 49.6 Å². The molecule has 3 heterocycles. The second-order valence-electron chi connectivity index (χ2n) is 11.3. The van der Waals surface area contributed by atoms with E-state index in [2.05, 4.69) is 5.32 Å². The molecule has 1 unspecified atom stereocenters. The number of hydrogen-bond acceptors (Lipinski definition) is 6. The molecule has 8 bridgehead atoms. The summed E-state index contributed by atoms with van der Waals surface area (Å²) in [4.78, 5) is 28.7. The highest BCUT2D eigenvalue weighted by Gasteiger charge is 2.34. The first-order valence-corrected chi connectivity index (χ1v) is 15.2. The highest BCUT2D eigenvalue weighted by molar-refractivity contribution is 5.98. The van der Waals surface area contributed by atoms with Crippen molar-refractivity contribution in [2.24, 2.45) is 5.73 Å². The highest BCUT2D eigenvalue weighted by atomic mass is 35.5. The Balaban J connectivity index is 0.00000417. The molecule has 1 atom stereocenters. The van der Waals surface area contributed by atoms with Crippen LogP contribution in [0.3, 0.4) is 0 Å². The number of benzene rings is 4. The molecule has 8 nitrogen and oxygen atoms in total. The van der Waals surface area contributed by atoms with Crippen LogP contribution in [-0.2, 0) is 17.6 Å². The van der Waals surface area contributed by atoms with Crippen LogP contribution >= 0.6 is 12.4 Å². The van der Waals surface area contributed by atoms with Gasteiger partial charge >= 0.3 is 0 Å². The van der Waals surface area contributed by atoms with Crippen molar-refractivity contribution < 1.29 is 28.2 Å². The smallest absolute Gasteiger partial charge is 0.258 e. The second kappa shape index (κ2) is 14.7. The van der Waals surface area contributed by atoms with Gasteiger partial charge in [0.1, 0.15) is 23.9 Å². The van der Waals surface area contributed by atoms with E-state index < -0.39 is 11.9 Å². The third-order valence-electron chi connectivity index (χ3n) is 8.02. The van der Waals surface area contributed by atoms with Gasteiger partial charge in [-0.15, -0.1) is 12.4 Å². The first kappa shape index (κ1) is 32.8. The molecule has 46 heavy (non-hydrogen) atoms. The van der Waals surface area contributed by atoms with Gasteiger partial charge in [-0.25, -0.2) is 4.39 Å². The maximum absolute atomic E-state index is 14.8. The minimum absolute atomic E-state index is 0. The van der Waals surface area contributed by atoms with Gasteiger partial charge in [-0.3, -0.25) is 9.59 Å². The van der Waals surface area contributed by atoms with E-state index in [4.69, 9.17) is 19.9 Å². The molecule has 0 fully saturated rings. The zero-order valence-corrected chi connectivity index (χ0v) is 26.4. The maximum Gasteiger partial charge on any atom is 0.258 e. The highest BCUT2D eigenvalue weighted by Crippen LogP contribution is 2.40. The third kappa shape index (κ3) is 7.27. The Morgan fingerprint density at radius 2 is 1.93 bits per heavy atom. The molecule has 4 aromatic rings. The summed E-state index contributed by atoms with van der Waals surface area (Å²) in [6.45, 7) is 3.85. The molecule has 240 valence electrons. The van der Waals surface area contributed by atoms with Gasteiger partial charge in [0, 0.05) is 19.6 Å². The van der Waals surface area contributed by atoms with Crippen molar-refractivity contribution in [2.45, 2.75) is 32.2 Å². The third-order valence-corrected chi connectivity index (χ3v) is 8.02. The molecule has 0 saturated heterocycles. The average molecular weight is 646 g/mol. The van der Waals surface area contributed by atoms with Crippen LogP contribution in [0.5, 0.6) is 23.0 Å². The summed E-state index contributed by atoms with van der Waals surface area (Å²) in [5.41, 5.74) is 10.6. The molecule has 0 aromatic heterocycles. The summed E-state index contributed by atoms with van der Waals surface area (Å²) in [5.74, 6) is 0.855. The summed E-state index contributed by atoms with van der Waals surface area (Å²) >= 11 is 0. The lowest BCUT2D eigenvalue weighted by Crippen LogP contribution is -2.40.